The van der Waals surface area contributed by atoms with Crippen molar-refractivity contribution < 1.29 is 0 Å². The van der Waals surface area contributed by atoms with Crippen LogP contribution in [0.25, 0.3) is 22.3 Å². The van der Waals surface area contributed by atoms with Gasteiger partial charge in [0.25, 0.3) is 0 Å². The molecule has 31 heavy (non-hydrogen) atoms. The third-order valence-electron chi connectivity index (χ3n) is 5.95. The molecule has 0 bridgehead atoms. The van der Waals surface area contributed by atoms with Gasteiger partial charge in [0.1, 0.15) is 5.82 Å². The molecule has 0 spiro atoms. The van der Waals surface area contributed by atoms with E-state index in [0.29, 0.717) is 11.1 Å². The fourth-order valence-electron chi connectivity index (χ4n) is 4.37. The number of hydrogen-bond acceptors (Lipinski definition) is 4. The van der Waals surface area contributed by atoms with Gasteiger partial charge >= 0.3 is 0 Å². The lowest BCUT2D eigenvalue weighted by molar-refractivity contribution is 0.548. The zero-order valence-electron chi connectivity index (χ0n) is 17.8. The van der Waals surface area contributed by atoms with Crippen molar-refractivity contribution in [2.75, 3.05) is 29.4 Å². The summed E-state index contributed by atoms with van der Waals surface area (Å²) in [7, 11) is 0. The summed E-state index contributed by atoms with van der Waals surface area (Å²) in [5, 5.41) is 1.81. The Bertz CT molecular complexity index is 1220. The lowest BCUT2D eigenvalue weighted by Gasteiger charge is -2.42. The van der Waals surface area contributed by atoms with Crippen LogP contribution in [0.15, 0.2) is 72.8 Å². The third-order valence-corrected chi connectivity index (χ3v) is 6.20. The number of hydrogen-bond donors (Lipinski definition) is 0. The Kier molecular flexibility index (Phi) is 5.24. The fraction of sp³-hybridized carbons (Fsp3) is 0.231. The van der Waals surface area contributed by atoms with Crippen molar-refractivity contribution in [3.8, 4) is 11.4 Å². The Balaban J connectivity index is 1.50. The predicted octanol–water partition coefficient (Wildman–Crippen LogP) is 5.97. The van der Waals surface area contributed by atoms with Gasteiger partial charge in [0, 0.05) is 47.3 Å². The molecule has 156 valence electrons. The molecule has 5 heteroatoms. The van der Waals surface area contributed by atoms with Crippen molar-refractivity contribution in [1.82, 2.24) is 9.97 Å². The van der Waals surface area contributed by atoms with Gasteiger partial charge in [-0.1, -0.05) is 35.9 Å². The van der Waals surface area contributed by atoms with Crippen LogP contribution in [-0.4, -0.2) is 35.6 Å². The molecule has 1 fully saturated rings. The molecule has 0 radical (unpaired) electrons. The van der Waals surface area contributed by atoms with Crippen molar-refractivity contribution in [3.05, 3.63) is 83.4 Å². The van der Waals surface area contributed by atoms with Crippen molar-refractivity contribution >= 4 is 34.0 Å². The van der Waals surface area contributed by atoms with Gasteiger partial charge in [0.05, 0.1) is 5.52 Å². The molecule has 2 heterocycles. The molecule has 0 aliphatic carbocycles. The van der Waals surface area contributed by atoms with Crippen molar-refractivity contribution in [2.24, 2.45) is 0 Å². The minimum absolute atomic E-state index is 0.378. The van der Waals surface area contributed by atoms with E-state index in [0.717, 1.165) is 47.7 Å². The quantitative estimate of drug-likeness (QED) is 0.402. The van der Waals surface area contributed by atoms with E-state index < -0.39 is 0 Å². The molecule has 1 atom stereocenters. The molecule has 1 aromatic heterocycles. The first-order valence-corrected chi connectivity index (χ1v) is 11.1. The first-order chi connectivity index (χ1) is 15.1. The molecular weight excluding hydrogens is 404 g/mol. The van der Waals surface area contributed by atoms with E-state index in [2.05, 4.69) is 66.1 Å². The van der Waals surface area contributed by atoms with Gasteiger partial charge < -0.3 is 9.80 Å². The second kappa shape index (κ2) is 8.20. The van der Waals surface area contributed by atoms with E-state index in [9.17, 15) is 0 Å². The molecule has 0 unspecified atom stereocenters. The Morgan fingerprint density at radius 3 is 2.48 bits per heavy atom. The zero-order valence-corrected chi connectivity index (χ0v) is 18.5. The van der Waals surface area contributed by atoms with Crippen molar-refractivity contribution in [2.45, 2.75) is 19.9 Å². The Morgan fingerprint density at radius 2 is 1.71 bits per heavy atom. The highest BCUT2D eigenvalue weighted by Gasteiger charge is 2.26. The van der Waals surface area contributed by atoms with Crippen LogP contribution in [0.5, 0.6) is 0 Å². The number of rotatable bonds is 3. The maximum Gasteiger partial charge on any atom is 0.162 e. The normalized spacial score (nSPS) is 16.7. The predicted molar refractivity (Wildman–Crippen MR) is 130 cm³/mol. The fourth-order valence-corrected chi connectivity index (χ4v) is 4.50. The molecule has 0 saturated carbocycles. The first-order valence-electron chi connectivity index (χ1n) is 10.7. The topological polar surface area (TPSA) is 32.3 Å². The van der Waals surface area contributed by atoms with E-state index in [4.69, 9.17) is 21.6 Å². The first kappa shape index (κ1) is 19.8. The van der Waals surface area contributed by atoms with Crippen LogP contribution in [0.3, 0.4) is 0 Å². The molecule has 0 amide bonds. The summed E-state index contributed by atoms with van der Waals surface area (Å²) in [5.41, 5.74) is 4.53. The Labute approximate surface area is 188 Å². The SMILES string of the molecule is Cc1cccc(N2CCN(c3nc(-c4ccc(Cl)cc4)nc4ccccc34)C[C@@H]2C)c1. The monoisotopic (exact) mass is 428 g/mol. The van der Waals surface area contributed by atoms with Gasteiger partial charge in [-0.3, -0.25) is 0 Å². The molecule has 5 rings (SSSR count). The number of aromatic nitrogens is 2. The number of piperazine rings is 1. The lowest BCUT2D eigenvalue weighted by Crippen LogP contribution is -2.52. The largest absolute Gasteiger partial charge is 0.365 e. The zero-order chi connectivity index (χ0) is 21.4. The highest BCUT2D eigenvalue weighted by molar-refractivity contribution is 6.30. The molecular formula is C26H25ClN4. The third kappa shape index (κ3) is 3.96. The Hall–Kier alpha value is -3.11. The molecule has 1 saturated heterocycles. The van der Waals surface area contributed by atoms with Gasteiger partial charge in [0.15, 0.2) is 5.82 Å². The number of para-hydroxylation sites is 1. The minimum atomic E-state index is 0.378. The van der Waals surface area contributed by atoms with Gasteiger partial charge in [-0.25, -0.2) is 9.97 Å². The standard InChI is InChI=1S/C26H25ClN4/c1-18-6-5-7-22(16-18)31-15-14-30(17-19(31)2)26-23-8-3-4-9-24(23)28-25(29-26)20-10-12-21(27)13-11-20/h3-13,16,19H,14-15,17H2,1-2H3/t19-/m0/s1. The number of nitrogens with zero attached hydrogens (tertiary/aromatic N) is 4. The summed E-state index contributed by atoms with van der Waals surface area (Å²) in [4.78, 5) is 14.8. The van der Waals surface area contributed by atoms with Crippen LogP contribution in [0.1, 0.15) is 12.5 Å². The van der Waals surface area contributed by atoms with Crippen LogP contribution < -0.4 is 9.80 Å². The second-order valence-electron chi connectivity index (χ2n) is 8.22. The van der Waals surface area contributed by atoms with Gasteiger partial charge in [-0.05, 0) is 67.9 Å². The maximum atomic E-state index is 6.08. The van der Waals surface area contributed by atoms with Crippen LogP contribution in [0.2, 0.25) is 5.02 Å². The highest BCUT2D eigenvalue weighted by atomic mass is 35.5. The van der Waals surface area contributed by atoms with Gasteiger partial charge in [-0.15, -0.1) is 0 Å². The van der Waals surface area contributed by atoms with Crippen LogP contribution >= 0.6 is 11.6 Å². The van der Waals surface area contributed by atoms with Crippen LogP contribution in [0, 0.1) is 6.92 Å². The summed E-state index contributed by atoms with van der Waals surface area (Å²) >= 11 is 6.08. The highest BCUT2D eigenvalue weighted by Crippen LogP contribution is 2.30. The molecule has 1 aliphatic rings. The average molecular weight is 429 g/mol. The second-order valence-corrected chi connectivity index (χ2v) is 8.66. The summed E-state index contributed by atoms with van der Waals surface area (Å²) in [5.74, 6) is 1.74. The van der Waals surface area contributed by atoms with E-state index in [1.54, 1.807) is 0 Å². The van der Waals surface area contributed by atoms with Crippen molar-refractivity contribution in [3.63, 3.8) is 0 Å². The molecule has 4 nitrogen and oxygen atoms in total. The molecule has 1 aliphatic heterocycles. The number of aryl methyl sites for hydroxylation is 1. The molecule has 0 N–H and O–H groups in total. The van der Waals surface area contributed by atoms with Crippen LogP contribution in [-0.2, 0) is 0 Å². The minimum Gasteiger partial charge on any atom is -0.365 e. The molecule has 3 aromatic carbocycles. The average Bonchev–Trinajstić information content (AvgIpc) is 2.79. The Morgan fingerprint density at radius 1 is 0.903 bits per heavy atom. The van der Waals surface area contributed by atoms with Crippen LogP contribution in [0.4, 0.5) is 11.5 Å². The number of anilines is 2. The smallest absolute Gasteiger partial charge is 0.162 e. The lowest BCUT2D eigenvalue weighted by atomic mass is 10.1. The molecule has 4 aromatic rings. The van der Waals surface area contributed by atoms with E-state index >= 15 is 0 Å². The van der Waals surface area contributed by atoms with Gasteiger partial charge in [0.2, 0.25) is 0 Å². The summed E-state index contributed by atoms with van der Waals surface area (Å²) in [6.45, 7) is 7.22. The number of fused-ring (bicyclic) bond motifs is 1. The summed E-state index contributed by atoms with van der Waals surface area (Å²) < 4.78 is 0. The summed E-state index contributed by atoms with van der Waals surface area (Å²) in [6.07, 6.45) is 0. The maximum absolute atomic E-state index is 6.08. The number of halogens is 1. The summed E-state index contributed by atoms with van der Waals surface area (Å²) in [6, 6.07) is 25.1. The number of benzene rings is 3. The van der Waals surface area contributed by atoms with E-state index in [1.165, 1.54) is 11.3 Å². The van der Waals surface area contributed by atoms with Gasteiger partial charge in [-0.2, -0.15) is 0 Å². The van der Waals surface area contributed by atoms with E-state index in [-0.39, 0.29) is 0 Å². The van der Waals surface area contributed by atoms with E-state index in [1.807, 2.05) is 30.3 Å². The van der Waals surface area contributed by atoms with Crippen molar-refractivity contribution in [1.29, 1.82) is 0 Å².